The van der Waals surface area contributed by atoms with Gasteiger partial charge in [0.2, 0.25) is 0 Å². The molecule has 3 N–H and O–H groups in total. The summed E-state index contributed by atoms with van der Waals surface area (Å²) < 4.78 is 68.4. The molecule has 0 bridgehead atoms. The van der Waals surface area contributed by atoms with Crippen LogP contribution in [0.5, 0.6) is 0 Å². The largest absolute Gasteiger partial charge is 0.472 e. The Labute approximate surface area is 617 Å². The van der Waals surface area contributed by atoms with Crippen LogP contribution in [0.4, 0.5) is 0 Å². The second-order valence-corrected chi connectivity index (χ2v) is 28.4. The molecule has 0 heterocycles. The number of aliphatic hydroxyl groups is 1. The second-order valence-electron chi connectivity index (χ2n) is 25.5. The summed E-state index contributed by atoms with van der Waals surface area (Å²) >= 11 is 0. The van der Waals surface area contributed by atoms with Gasteiger partial charge in [-0.2, -0.15) is 0 Å². The molecule has 0 saturated carbocycles. The molecule has 0 aliphatic heterocycles. The van der Waals surface area contributed by atoms with Crippen LogP contribution in [-0.4, -0.2) is 96.7 Å². The van der Waals surface area contributed by atoms with E-state index in [2.05, 4.69) is 155 Å². The zero-order valence-corrected chi connectivity index (χ0v) is 65.3. The topological polar surface area (TPSA) is 237 Å². The van der Waals surface area contributed by atoms with E-state index >= 15 is 0 Å². The lowest BCUT2D eigenvalue weighted by Gasteiger charge is -2.21. The number of unbranched alkanes of at least 4 members (excludes halogenated alkanes) is 22. The van der Waals surface area contributed by atoms with Crippen molar-refractivity contribution >= 4 is 39.5 Å². The maximum Gasteiger partial charge on any atom is 0.472 e. The Morgan fingerprint density at radius 3 is 0.882 bits per heavy atom. The first-order chi connectivity index (χ1) is 49.7. The highest BCUT2D eigenvalue weighted by Crippen LogP contribution is 2.45. The lowest BCUT2D eigenvalue weighted by molar-refractivity contribution is -0.161. The van der Waals surface area contributed by atoms with E-state index in [0.29, 0.717) is 32.1 Å². The number of carbonyl (C=O) groups is 4. The molecule has 102 heavy (non-hydrogen) atoms. The zero-order chi connectivity index (χ0) is 74.6. The maximum absolute atomic E-state index is 13.1. The van der Waals surface area contributed by atoms with Gasteiger partial charge in [-0.15, -0.1) is 0 Å². The van der Waals surface area contributed by atoms with Crippen LogP contribution in [-0.2, 0) is 65.4 Å². The van der Waals surface area contributed by atoms with Gasteiger partial charge in [-0.3, -0.25) is 37.3 Å². The molecule has 0 fully saturated rings. The fourth-order valence-electron chi connectivity index (χ4n) is 9.92. The second kappa shape index (κ2) is 74.2. The van der Waals surface area contributed by atoms with Gasteiger partial charge in [0.25, 0.3) is 0 Å². The Kier molecular flexibility index (Phi) is 70.5. The van der Waals surface area contributed by atoms with Crippen molar-refractivity contribution in [1.82, 2.24) is 0 Å². The van der Waals surface area contributed by atoms with Gasteiger partial charge in [0.15, 0.2) is 12.2 Å². The van der Waals surface area contributed by atoms with Crippen molar-refractivity contribution in [1.29, 1.82) is 0 Å². The standard InChI is InChI=1S/C83H138O17P2/c1-5-9-13-17-21-25-29-32-34-36-38-40-42-45-49-52-56-60-64-68-81(86)94-74-79(100-83(88)70-66-62-58-54-50-46-43-41-39-37-35-33-30-26-22-18-14-10-6-2)76-98-102(91,92)96-72-77(84)71-95-101(89,90)97-75-78(99-82(87)69-65-61-57-53-47-28-24-20-16-12-8-4)73-93-80(85)67-63-59-55-51-48-44-31-27-23-19-15-11-7-3/h9-10,13-15,19,21-22,25-27,31-35,38-41,45,49,56,60,77-79,84H,5-8,11-12,16-18,20,23-24,28-30,36-37,42-44,46-48,50-55,57-59,61-76H2,1-4H3,(H,89,90)(H,91,92)/b13-9-,14-10-,19-15-,25-21-,26-22-,31-27-,34-32-,35-33-,40-38-,41-39-,49-45-,60-56-. The van der Waals surface area contributed by atoms with Crippen molar-refractivity contribution in [2.24, 2.45) is 0 Å². The van der Waals surface area contributed by atoms with Crippen LogP contribution >= 0.6 is 15.6 Å². The van der Waals surface area contributed by atoms with Crippen molar-refractivity contribution in [2.45, 2.75) is 316 Å². The highest BCUT2D eigenvalue weighted by atomic mass is 31.2. The summed E-state index contributed by atoms with van der Waals surface area (Å²) in [6.45, 7) is 4.45. The third-order valence-electron chi connectivity index (χ3n) is 15.8. The summed E-state index contributed by atoms with van der Waals surface area (Å²) in [5.74, 6) is -2.31. The maximum atomic E-state index is 13.1. The van der Waals surface area contributed by atoms with Gasteiger partial charge in [0, 0.05) is 25.7 Å². The highest BCUT2D eigenvalue weighted by Gasteiger charge is 2.30. The molecule has 0 aliphatic rings. The van der Waals surface area contributed by atoms with E-state index in [4.69, 9.17) is 37.0 Å². The number of rotatable bonds is 72. The quantitative estimate of drug-likeness (QED) is 0.0169. The van der Waals surface area contributed by atoms with Gasteiger partial charge < -0.3 is 33.8 Å². The number of hydrogen-bond acceptors (Lipinski definition) is 15. The van der Waals surface area contributed by atoms with E-state index in [-0.39, 0.29) is 25.7 Å². The zero-order valence-electron chi connectivity index (χ0n) is 63.5. The summed E-state index contributed by atoms with van der Waals surface area (Å²) in [6, 6.07) is 0. The number of phosphoric acid groups is 2. The summed E-state index contributed by atoms with van der Waals surface area (Å²) in [4.78, 5) is 72.9. The Balaban J connectivity index is 5.43. The van der Waals surface area contributed by atoms with Gasteiger partial charge in [0.1, 0.15) is 19.3 Å². The third-order valence-corrected chi connectivity index (χ3v) is 17.7. The van der Waals surface area contributed by atoms with Gasteiger partial charge in [-0.05, 0) is 128 Å². The predicted molar refractivity (Wildman–Crippen MR) is 417 cm³/mol. The first-order valence-electron chi connectivity index (χ1n) is 39.1. The summed E-state index contributed by atoms with van der Waals surface area (Å²) in [6.07, 6.45) is 84.2. The fourth-order valence-corrected chi connectivity index (χ4v) is 11.5. The first kappa shape index (κ1) is 96.9. The van der Waals surface area contributed by atoms with Crippen LogP contribution < -0.4 is 0 Å². The molecule has 0 aromatic rings. The normalized spacial score (nSPS) is 14.7. The van der Waals surface area contributed by atoms with Crippen LogP contribution in [0.25, 0.3) is 0 Å². The Morgan fingerprint density at radius 1 is 0.284 bits per heavy atom. The van der Waals surface area contributed by atoms with Crippen LogP contribution in [0.1, 0.15) is 297 Å². The molecule has 0 saturated heterocycles. The van der Waals surface area contributed by atoms with Crippen molar-refractivity contribution in [3.05, 3.63) is 146 Å². The van der Waals surface area contributed by atoms with E-state index in [9.17, 15) is 43.2 Å². The minimum absolute atomic E-state index is 0.0286. The van der Waals surface area contributed by atoms with Crippen molar-refractivity contribution in [3.63, 3.8) is 0 Å². The van der Waals surface area contributed by atoms with Gasteiger partial charge >= 0.3 is 39.5 Å². The van der Waals surface area contributed by atoms with Crippen LogP contribution in [0.3, 0.4) is 0 Å². The molecule has 0 aromatic heterocycles. The third kappa shape index (κ3) is 73.3. The molecule has 0 aromatic carbocycles. The summed E-state index contributed by atoms with van der Waals surface area (Å²) in [5, 5.41) is 10.6. The molecule has 582 valence electrons. The first-order valence-corrected chi connectivity index (χ1v) is 42.1. The molecule has 19 heteroatoms. The monoisotopic (exact) mass is 1470 g/mol. The SMILES string of the molecule is CC/C=C\C/C=C\C/C=C\C/C=C\C/C=C\C/C=C\CCC(=O)OCC(COP(=O)(O)OCC(O)COP(=O)(O)OCC(COC(=O)CCCCCCC/C=C\C/C=C\CCC)OC(=O)CCCCCCCCCCCCC)OC(=O)CCCCCCCC/C=C\C/C=C\C/C=C\C/C=C\CC. The van der Waals surface area contributed by atoms with Crippen LogP contribution in [0.15, 0.2) is 146 Å². The average molecular weight is 1470 g/mol. The van der Waals surface area contributed by atoms with Crippen LogP contribution in [0, 0.1) is 0 Å². The molecule has 5 unspecified atom stereocenters. The van der Waals surface area contributed by atoms with E-state index in [1.807, 2.05) is 18.2 Å². The van der Waals surface area contributed by atoms with Crippen LogP contribution in [0.2, 0.25) is 0 Å². The molecule has 0 aliphatic carbocycles. The van der Waals surface area contributed by atoms with E-state index in [1.54, 1.807) is 0 Å². The Bertz CT molecular complexity index is 2510. The molecule has 0 rings (SSSR count). The molecule has 0 amide bonds. The van der Waals surface area contributed by atoms with Gasteiger partial charge in [-0.1, -0.05) is 289 Å². The molecular formula is C83H138O17P2. The number of carbonyl (C=O) groups excluding carboxylic acids is 4. The fraction of sp³-hybridized carbons (Fsp3) is 0.663. The molecule has 0 radical (unpaired) electrons. The smallest absolute Gasteiger partial charge is 0.462 e. The van der Waals surface area contributed by atoms with E-state index in [0.717, 1.165) is 173 Å². The lowest BCUT2D eigenvalue weighted by atomic mass is 10.1. The number of esters is 4. The van der Waals surface area contributed by atoms with E-state index in [1.165, 1.54) is 38.5 Å². The average Bonchev–Trinajstić information content (AvgIpc) is 0.940. The number of aliphatic hydroxyl groups excluding tert-OH is 1. The number of hydrogen-bond donors (Lipinski definition) is 3. The number of phosphoric ester groups is 2. The Hall–Kier alpha value is -5.06. The number of ether oxygens (including phenoxy) is 4. The van der Waals surface area contributed by atoms with Crippen molar-refractivity contribution in [3.8, 4) is 0 Å². The lowest BCUT2D eigenvalue weighted by Crippen LogP contribution is -2.30. The molecule has 17 nitrogen and oxygen atoms in total. The van der Waals surface area contributed by atoms with E-state index < -0.39 is 97.5 Å². The van der Waals surface area contributed by atoms with Crippen molar-refractivity contribution in [2.75, 3.05) is 39.6 Å². The van der Waals surface area contributed by atoms with Crippen molar-refractivity contribution < 1.29 is 80.2 Å². The summed E-state index contributed by atoms with van der Waals surface area (Å²) in [7, 11) is -9.98. The summed E-state index contributed by atoms with van der Waals surface area (Å²) in [5.41, 5.74) is 0. The predicted octanol–water partition coefficient (Wildman–Crippen LogP) is 22.7. The molecule has 5 atom stereocenters. The minimum Gasteiger partial charge on any atom is -0.462 e. The number of allylic oxidation sites excluding steroid dienone is 24. The molecular weight excluding hydrogens is 1330 g/mol. The van der Waals surface area contributed by atoms with Gasteiger partial charge in [-0.25, -0.2) is 9.13 Å². The Morgan fingerprint density at radius 2 is 0.549 bits per heavy atom. The molecule has 0 spiro atoms. The highest BCUT2D eigenvalue weighted by molar-refractivity contribution is 7.47. The minimum atomic E-state index is -5.00. The van der Waals surface area contributed by atoms with Gasteiger partial charge in [0.05, 0.1) is 26.4 Å².